The Morgan fingerprint density at radius 2 is 2.35 bits per heavy atom. The monoisotopic (exact) mass is 255 g/mol. The molecule has 1 saturated carbocycles. The van der Waals surface area contributed by atoms with Crippen LogP contribution < -0.4 is 11.3 Å². The van der Waals surface area contributed by atoms with Crippen LogP contribution in [-0.4, -0.2) is 38.8 Å². The summed E-state index contributed by atoms with van der Waals surface area (Å²) in [6, 6.07) is 0. The number of nitrogens with zero attached hydrogens (tertiary/aromatic N) is 3. The number of fused-ring (bicyclic) bond motifs is 1. The standard InChI is InChI=1S/C10H17N5OS/c11-12-10-8(13-14-17-10)5-15-3-6-1-2-9(16)7(6)4-15/h6-7,9,12,16H,1-5,11H2. The lowest BCUT2D eigenvalue weighted by molar-refractivity contribution is 0.123. The molecule has 2 heterocycles. The van der Waals surface area contributed by atoms with E-state index in [-0.39, 0.29) is 6.10 Å². The zero-order chi connectivity index (χ0) is 11.8. The van der Waals surface area contributed by atoms with E-state index in [1.54, 1.807) is 0 Å². The van der Waals surface area contributed by atoms with E-state index in [0.29, 0.717) is 11.8 Å². The van der Waals surface area contributed by atoms with Gasteiger partial charge in [0, 0.05) is 37.1 Å². The summed E-state index contributed by atoms with van der Waals surface area (Å²) in [4.78, 5) is 2.34. The van der Waals surface area contributed by atoms with Gasteiger partial charge in [0.25, 0.3) is 0 Å². The van der Waals surface area contributed by atoms with Gasteiger partial charge in [-0.15, -0.1) is 5.10 Å². The molecule has 1 aliphatic carbocycles. The van der Waals surface area contributed by atoms with E-state index in [9.17, 15) is 5.11 Å². The van der Waals surface area contributed by atoms with Crippen LogP contribution in [0.4, 0.5) is 5.00 Å². The summed E-state index contributed by atoms with van der Waals surface area (Å²) in [5.74, 6) is 6.52. The highest BCUT2D eigenvalue weighted by molar-refractivity contribution is 7.10. The number of likely N-dealkylation sites (tertiary alicyclic amines) is 1. The molecule has 0 radical (unpaired) electrons. The average Bonchev–Trinajstić information content (AvgIpc) is 2.98. The number of aromatic nitrogens is 2. The van der Waals surface area contributed by atoms with E-state index in [0.717, 1.165) is 43.2 Å². The lowest BCUT2D eigenvalue weighted by Crippen LogP contribution is -2.25. The maximum atomic E-state index is 9.86. The molecule has 0 bridgehead atoms. The van der Waals surface area contributed by atoms with Gasteiger partial charge in [0.1, 0.15) is 10.7 Å². The van der Waals surface area contributed by atoms with Gasteiger partial charge in [0.05, 0.1) is 6.10 Å². The summed E-state index contributed by atoms with van der Waals surface area (Å²) in [6.45, 7) is 2.80. The summed E-state index contributed by atoms with van der Waals surface area (Å²) in [7, 11) is 0. The minimum Gasteiger partial charge on any atom is -0.393 e. The topological polar surface area (TPSA) is 87.3 Å². The van der Waals surface area contributed by atoms with Crippen LogP contribution >= 0.6 is 11.5 Å². The maximum absolute atomic E-state index is 9.86. The number of aliphatic hydroxyl groups excluding tert-OH is 1. The number of nitrogen functional groups attached to an aromatic ring is 1. The molecule has 2 fully saturated rings. The summed E-state index contributed by atoms with van der Waals surface area (Å²) in [6.07, 6.45) is 2.02. The zero-order valence-electron chi connectivity index (χ0n) is 9.54. The van der Waals surface area contributed by atoms with Gasteiger partial charge in [0.2, 0.25) is 0 Å². The van der Waals surface area contributed by atoms with Crippen LogP contribution in [-0.2, 0) is 6.54 Å². The van der Waals surface area contributed by atoms with Crippen LogP contribution in [0.25, 0.3) is 0 Å². The van der Waals surface area contributed by atoms with Crippen LogP contribution in [0.3, 0.4) is 0 Å². The second-order valence-electron chi connectivity index (χ2n) is 4.96. The van der Waals surface area contributed by atoms with Crippen LogP contribution in [0.1, 0.15) is 18.5 Å². The van der Waals surface area contributed by atoms with E-state index < -0.39 is 0 Å². The Hall–Kier alpha value is -0.760. The number of nitrogens with two attached hydrogens (primary N) is 1. The third-order valence-electron chi connectivity index (χ3n) is 3.95. The molecule has 1 aliphatic heterocycles. The molecule has 0 spiro atoms. The normalized spacial score (nSPS) is 32.9. The van der Waals surface area contributed by atoms with Crippen molar-refractivity contribution in [2.24, 2.45) is 17.7 Å². The summed E-state index contributed by atoms with van der Waals surface area (Å²) >= 11 is 1.28. The van der Waals surface area contributed by atoms with Crippen molar-refractivity contribution in [1.29, 1.82) is 0 Å². The molecule has 4 N–H and O–H groups in total. The first-order valence-electron chi connectivity index (χ1n) is 5.96. The Labute approximate surface area is 104 Å². The van der Waals surface area contributed by atoms with Gasteiger partial charge < -0.3 is 10.5 Å². The molecule has 6 nitrogen and oxygen atoms in total. The first-order chi connectivity index (χ1) is 8.28. The van der Waals surface area contributed by atoms with Crippen LogP contribution in [0.15, 0.2) is 0 Å². The van der Waals surface area contributed by atoms with Crippen LogP contribution in [0, 0.1) is 11.8 Å². The Kier molecular flexibility index (Phi) is 2.99. The smallest absolute Gasteiger partial charge is 0.148 e. The molecule has 3 rings (SSSR count). The third-order valence-corrected chi connectivity index (χ3v) is 4.65. The van der Waals surface area contributed by atoms with Crippen molar-refractivity contribution >= 4 is 16.5 Å². The minimum atomic E-state index is -0.106. The minimum absolute atomic E-state index is 0.106. The number of hydrogen-bond acceptors (Lipinski definition) is 7. The maximum Gasteiger partial charge on any atom is 0.148 e. The molecule has 3 atom stereocenters. The second kappa shape index (κ2) is 4.49. The van der Waals surface area contributed by atoms with E-state index in [1.165, 1.54) is 11.5 Å². The van der Waals surface area contributed by atoms with Crippen LogP contribution in [0.5, 0.6) is 0 Å². The van der Waals surface area contributed by atoms with E-state index in [1.807, 2.05) is 0 Å². The van der Waals surface area contributed by atoms with Crippen LogP contribution in [0.2, 0.25) is 0 Å². The van der Waals surface area contributed by atoms with Gasteiger partial charge in [0.15, 0.2) is 0 Å². The summed E-state index contributed by atoms with van der Waals surface area (Å²) < 4.78 is 3.90. The van der Waals surface area contributed by atoms with E-state index in [2.05, 4.69) is 19.9 Å². The summed E-state index contributed by atoms with van der Waals surface area (Å²) in [5.41, 5.74) is 3.54. The van der Waals surface area contributed by atoms with Crippen molar-refractivity contribution in [2.45, 2.75) is 25.5 Å². The predicted octanol–water partition coefficient (Wildman–Crippen LogP) is 0.0264. The molecular weight excluding hydrogens is 238 g/mol. The molecule has 1 aromatic rings. The van der Waals surface area contributed by atoms with Gasteiger partial charge in [-0.2, -0.15) is 0 Å². The molecule has 1 saturated heterocycles. The SMILES string of the molecule is NNc1snnc1CN1CC2CCC(O)C2C1. The number of anilines is 1. The molecular formula is C10H17N5OS. The molecule has 17 heavy (non-hydrogen) atoms. The van der Waals surface area contributed by atoms with Crippen molar-refractivity contribution in [3.05, 3.63) is 5.69 Å². The fourth-order valence-corrected chi connectivity index (χ4v) is 3.58. The Morgan fingerprint density at radius 3 is 3.12 bits per heavy atom. The van der Waals surface area contributed by atoms with E-state index >= 15 is 0 Å². The van der Waals surface area contributed by atoms with Crippen molar-refractivity contribution in [2.75, 3.05) is 18.5 Å². The number of aliphatic hydroxyl groups is 1. The van der Waals surface area contributed by atoms with Crippen molar-refractivity contribution in [3.63, 3.8) is 0 Å². The van der Waals surface area contributed by atoms with Gasteiger partial charge in [-0.25, -0.2) is 5.84 Å². The molecule has 0 amide bonds. The number of nitrogens with one attached hydrogen (secondary N) is 1. The highest BCUT2D eigenvalue weighted by atomic mass is 32.1. The first-order valence-corrected chi connectivity index (χ1v) is 6.73. The third kappa shape index (κ3) is 2.03. The van der Waals surface area contributed by atoms with Crippen molar-refractivity contribution < 1.29 is 5.11 Å². The van der Waals surface area contributed by atoms with E-state index in [4.69, 9.17) is 5.84 Å². The predicted molar refractivity (Wildman–Crippen MR) is 65.2 cm³/mol. The van der Waals surface area contributed by atoms with Gasteiger partial charge in [-0.3, -0.25) is 4.90 Å². The molecule has 94 valence electrons. The Balaban J connectivity index is 1.64. The quantitative estimate of drug-likeness (QED) is 0.521. The second-order valence-corrected chi connectivity index (χ2v) is 5.71. The molecule has 0 aromatic carbocycles. The number of hydrogen-bond donors (Lipinski definition) is 3. The van der Waals surface area contributed by atoms with Crippen molar-refractivity contribution in [3.8, 4) is 0 Å². The average molecular weight is 255 g/mol. The zero-order valence-corrected chi connectivity index (χ0v) is 10.4. The Morgan fingerprint density at radius 1 is 1.47 bits per heavy atom. The number of hydrazine groups is 1. The molecule has 2 aliphatic rings. The highest BCUT2D eigenvalue weighted by Crippen LogP contribution is 2.38. The summed E-state index contributed by atoms with van der Waals surface area (Å²) in [5, 5.41) is 14.8. The van der Waals surface area contributed by atoms with Gasteiger partial charge in [-0.1, -0.05) is 4.49 Å². The largest absolute Gasteiger partial charge is 0.393 e. The van der Waals surface area contributed by atoms with Crippen molar-refractivity contribution in [1.82, 2.24) is 14.5 Å². The lowest BCUT2D eigenvalue weighted by atomic mass is 10.00. The van der Waals surface area contributed by atoms with Gasteiger partial charge in [-0.05, 0) is 18.8 Å². The Bertz CT molecular complexity index is 398. The fourth-order valence-electron chi connectivity index (χ4n) is 3.09. The highest BCUT2D eigenvalue weighted by Gasteiger charge is 2.41. The first kappa shape index (κ1) is 11.3. The lowest BCUT2D eigenvalue weighted by Gasteiger charge is -2.16. The van der Waals surface area contributed by atoms with Gasteiger partial charge >= 0.3 is 0 Å². The molecule has 3 unspecified atom stereocenters. The number of rotatable bonds is 3. The molecule has 7 heteroatoms. The molecule has 1 aromatic heterocycles. The fraction of sp³-hybridized carbons (Fsp3) is 0.800.